The molecule has 3 rings (SSSR count). The van der Waals surface area contributed by atoms with Gasteiger partial charge in [0.25, 0.3) is 0 Å². The summed E-state index contributed by atoms with van der Waals surface area (Å²) in [4.78, 5) is 29.3. The normalized spacial score (nSPS) is 12.6. The third-order valence-electron chi connectivity index (χ3n) is 5.02. The van der Waals surface area contributed by atoms with Crippen LogP contribution < -0.4 is 16.4 Å². The number of hydrogen-bond donors (Lipinski definition) is 4. The molecule has 2 aromatic carbocycles. The van der Waals surface area contributed by atoms with Gasteiger partial charge in [-0.3, -0.25) is 9.59 Å². The zero-order valence-electron chi connectivity index (χ0n) is 18.0. The molecule has 0 bridgehead atoms. The van der Waals surface area contributed by atoms with Crippen LogP contribution in [0.1, 0.15) is 16.7 Å². The van der Waals surface area contributed by atoms with Gasteiger partial charge < -0.3 is 21.5 Å². The summed E-state index contributed by atoms with van der Waals surface area (Å²) in [6.45, 7) is 0.0778. The molecule has 1 heterocycles. The van der Waals surface area contributed by atoms with Gasteiger partial charge >= 0.3 is 0 Å². The molecule has 2 amide bonds. The summed E-state index contributed by atoms with van der Waals surface area (Å²) in [6, 6.07) is 10.4. The first-order chi connectivity index (χ1) is 16.2. The van der Waals surface area contributed by atoms with Crippen molar-refractivity contribution in [1.82, 2.24) is 15.6 Å². The first kappa shape index (κ1) is 24.7. The lowest BCUT2D eigenvalue weighted by Gasteiger charge is -2.21. The zero-order valence-corrected chi connectivity index (χ0v) is 18.0. The van der Waals surface area contributed by atoms with E-state index < -0.39 is 41.4 Å². The van der Waals surface area contributed by atoms with Crippen molar-refractivity contribution >= 4 is 17.6 Å². The molecule has 7 nitrogen and oxygen atoms in total. The van der Waals surface area contributed by atoms with Gasteiger partial charge in [-0.25, -0.2) is 18.2 Å². The van der Waals surface area contributed by atoms with Gasteiger partial charge in [-0.05, 0) is 47.0 Å². The van der Waals surface area contributed by atoms with Crippen LogP contribution in [0.2, 0.25) is 0 Å². The van der Waals surface area contributed by atoms with Gasteiger partial charge in [-0.15, -0.1) is 0 Å². The molecule has 5 N–H and O–H groups in total. The Morgan fingerprint density at radius 3 is 2.21 bits per heavy atom. The van der Waals surface area contributed by atoms with Gasteiger partial charge in [0, 0.05) is 25.6 Å². The van der Waals surface area contributed by atoms with Crippen molar-refractivity contribution in [3.8, 4) is 0 Å². The minimum atomic E-state index is -1.52. The zero-order chi connectivity index (χ0) is 24.7. The van der Waals surface area contributed by atoms with Gasteiger partial charge in [0.2, 0.25) is 11.8 Å². The summed E-state index contributed by atoms with van der Waals surface area (Å²) in [7, 11) is 0. The smallest absolute Gasteiger partial charge is 0.249 e. The van der Waals surface area contributed by atoms with Crippen LogP contribution in [0.5, 0.6) is 0 Å². The quantitative estimate of drug-likeness (QED) is 0.380. The number of pyridine rings is 1. The average Bonchev–Trinajstić information content (AvgIpc) is 2.81. The van der Waals surface area contributed by atoms with E-state index in [1.54, 1.807) is 12.1 Å². The van der Waals surface area contributed by atoms with E-state index in [1.807, 2.05) is 0 Å². The van der Waals surface area contributed by atoms with Gasteiger partial charge in [0.15, 0.2) is 11.6 Å². The molecule has 0 fully saturated rings. The Balaban J connectivity index is 1.70. The SMILES string of the molecule is Nc1ccc(CNC(=O)C(Cc2ccc(F)c(F)c2)NC(=O)C(O)Cc2ccc(F)cc2)cn1. The Hall–Kier alpha value is -3.92. The van der Waals surface area contributed by atoms with E-state index >= 15 is 0 Å². The molecule has 0 saturated heterocycles. The summed E-state index contributed by atoms with van der Waals surface area (Å²) in [5, 5.41) is 15.4. The number of amides is 2. The van der Waals surface area contributed by atoms with E-state index in [4.69, 9.17) is 5.73 Å². The van der Waals surface area contributed by atoms with Crippen LogP contribution in [-0.2, 0) is 29.0 Å². The number of nitrogen functional groups attached to an aromatic ring is 1. The fourth-order valence-electron chi connectivity index (χ4n) is 3.17. The van der Waals surface area contributed by atoms with Crippen LogP contribution in [0.15, 0.2) is 60.8 Å². The number of aliphatic hydroxyl groups is 1. The third-order valence-corrected chi connectivity index (χ3v) is 5.02. The summed E-state index contributed by atoms with van der Waals surface area (Å²) >= 11 is 0. The molecule has 0 saturated carbocycles. The Bertz CT molecular complexity index is 1140. The van der Waals surface area contributed by atoms with Crippen molar-refractivity contribution in [2.24, 2.45) is 0 Å². The summed E-state index contributed by atoms with van der Waals surface area (Å²) < 4.78 is 40.0. The maximum Gasteiger partial charge on any atom is 0.249 e. The van der Waals surface area contributed by atoms with Crippen LogP contribution >= 0.6 is 0 Å². The second-order valence-corrected chi connectivity index (χ2v) is 7.67. The predicted octanol–water partition coefficient (Wildman–Crippen LogP) is 2.03. The molecule has 0 aliphatic carbocycles. The van der Waals surface area contributed by atoms with Crippen molar-refractivity contribution in [3.05, 3.63) is 94.9 Å². The van der Waals surface area contributed by atoms with Crippen LogP contribution in [0.3, 0.4) is 0 Å². The predicted molar refractivity (Wildman–Crippen MR) is 119 cm³/mol. The topological polar surface area (TPSA) is 117 Å². The number of hydrogen-bond acceptors (Lipinski definition) is 5. The number of halogens is 3. The highest BCUT2D eigenvalue weighted by Crippen LogP contribution is 2.12. The van der Waals surface area contributed by atoms with Crippen molar-refractivity contribution in [3.63, 3.8) is 0 Å². The number of aromatic nitrogens is 1. The van der Waals surface area contributed by atoms with Gasteiger partial charge in [0.1, 0.15) is 23.8 Å². The number of carbonyl (C=O) groups excluding carboxylic acids is 2. The molecule has 2 atom stereocenters. The minimum Gasteiger partial charge on any atom is -0.384 e. The lowest BCUT2D eigenvalue weighted by molar-refractivity contribution is -0.134. The van der Waals surface area contributed by atoms with Gasteiger partial charge in [0.05, 0.1) is 0 Å². The number of rotatable bonds is 9. The highest BCUT2D eigenvalue weighted by atomic mass is 19.2. The van der Waals surface area contributed by atoms with Crippen LogP contribution in [0, 0.1) is 17.5 Å². The van der Waals surface area contributed by atoms with Gasteiger partial charge in [-0.2, -0.15) is 0 Å². The monoisotopic (exact) mass is 472 g/mol. The molecule has 0 spiro atoms. The minimum absolute atomic E-state index is 0.0778. The van der Waals surface area contributed by atoms with Crippen molar-refractivity contribution in [1.29, 1.82) is 0 Å². The fraction of sp³-hybridized carbons (Fsp3) is 0.208. The fourth-order valence-corrected chi connectivity index (χ4v) is 3.17. The molecule has 3 aromatic rings. The molecule has 0 aliphatic heterocycles. The first-order valence-corrected chi connectivity index (χ1v) is 10.4. The molecule has 10 heteroatoms. The number of nitrogens with zero attached hydrogens (tertiary/aromatic N) is 1. The van der Waals surface area contributed by atoms with E-state index in [9.17, 15) is 27.9 Å². The summed E-state index contributed by atoms with van der Waals surface area (Å²) in [6.07, 6.45) is -0.307. The first-order valence-electron chi connectivity index (χ1n) is 10.4. The Morgan fingerprint density at radius 2 is 1.56 bits per heavy atom. The largest absolute Gasteiger partial charge is 0.384 e. The number of anilines is 1. The van der Waals surface area contributed by atoms with Crippen molar-refractivity contribution < 1.29 is 27.9 Å². The van der Waals surface area contributed by atoms with E-state index in [1.165, 1.54) is 36.5 Å². The molecule has 1 aromatic heterocycles. The Kier molecular flexibility index (Phi) is 8.20. The van der Waals surface area contributed by atoms with Gasteiger partial charge in [-0.1, -0.05) is 24.3 Å². The molecular formula is C24H23F3N4O3. The summed E-state index contributed by atoms with van der Waals surface area (Å²) in [5.74, 6) is -3.73. The second kappa shape index (κ2) is 11.3. The van der Waals surface area contributed by atoms with E-state index in [2.05, 4.69) is 15.6 Å². The van der Waals surface area contributed by atoms with E-state index in [0.29, 0.717) is 16.9 Å². The maximum absolute atomic E-state index is 13.6. The highest BCUT2D eigenvalue weighted by molar-refractivity contribution is 5.89. The Morgan fingerprint density at radius 1 is 0.882 bits per heavy atom. The average molecular weight is 472 g/mol. The number of carbonyl (C=O) groups is 2. The van der Waals surface area contributed by atoms with Crippen molar-refractivity contribution in [2.75, 3.05) is 5.73 Å². The maximum atomic E-state index is 13.6. The Labute approximate surface area is 193 Å². The van der Waals surface area contributed by atoms with Crippen molar-refractivity contribution in [2.45, 2.75) is 31.5 Å². The third kappa shape index (κ3) is 7.04. The number of benzene rings is 2. The number of aliphatic hydroxyl groups excluding tert-OH is 1. The lowest BCUT2D eigenvalue weighted by atomic mass is 10.0. The second-order valence-electron chi connectivity index (χ2n) is 7.67. The standard InChI is InChI=1S/C24H23F3N4O3/c25-17-5-1-14(2-6-17)11-21(32)24(34)31-20(10-15-3-7-18(26)19(27)9-15)23(33)30-13-16-4-8-22(28)29-12-16/h1-9,12,20-21,32H,10-11,13H2,(H2,28,29)(H,30,33)(H,31,34). The van der Waals surface area contributed by atoms with E-state index in [0.717, 1.165) is 12.1 Å². The number of nitrogens with one attached hydrogen (secondary N) is 2. The van der Waals surface area contributed by atoms with Crippen LogP contribution in [-0.4, -0.2) is 34.1 Å². The van der Waals surface area contributed by atoms with Crippen LogP contribution in [0.4, 0.5) is 19.0 Å². The van der Waals surface area contributed by atoms with E-state index in [-0.39, 0.29) is 24.9 Å². The molecule has 0 radical (unpaired) electrons. The van der Waals surface area contributed by atoms with Crippen LogP contribution in [0.25, 0.3) is 0 Å². The molecule has 34 heavy (non-hydrogen) atoms. The molecule has 178 valence electrons. The molecular weight excluding hydrogens is 449 g/mol. The lowest BCUT2D eigenvalue weighted by Crippen LogP contribution is -2.51. The number of nitrogens with two attached hydrogens (primary N) is 1. The highest BCUT2D eigenvalue weighted by Gasteiger charge is 2.25. The summed E-state index contributed by atoms with van der Waals surface area (Å²) in [5.41, 5.74) is 6.97. The molecule has 2 unspecified atom stereocenters. The molecule has 0 aliphatic rings.